The van der Waals surface area contributed by atoms with E-state index in [1.807, 2.05) is 0 Å². The van der Waals surface area contributed by atoms with Crippen LogP contribution in [-0.2, 0) is 28.6 Å². The highest BCUT2D eigenvalue weighted by molar-refractivity contribution is 7.14. The quantitative estimate of drug-likeness (QED) is 0.305. The maximum absolute atomic E-state index is 11.7. The molecule has 2 amide bonds. The van der Waals surface area contributed by atoms with Gasteiger partial charge in [-0.15, -0.1) is 11.3 Å². The van der Waals surface area contributed by atoms with Gasteiger partial charge in [0.15, 0.2) is 5.13 Å². The van der Waals surface area contributed by atoms with Crippen molar-refractivity contribution in [2.45, 2.75) is 38.9 Å². The number of nitrogens with zero attached hydrogens (tertiary/aromatic N) is 2. The lowest BCUT2D eigenvalue weighted by atomic mass is 10.2. The fourth-order valence-electron chi connectivity index (χ4n) is 1.56. The second-order valence-corrected chi connectivity index (χ2v) is 6.97. The van der Waals surface area contributed by atoms with Crippen LogP contribution >= 0.6 is 11.3 Å². The molecule has 14 heteroatoms. The average Bonchev–Trinajstić information content (AvgIpc) is 2.98. The van der Waals surface area contributed by atoms with Crippen molar-refractivity contribution in [1.82, 2.24) is 4.98 Å². The van der Waals surface area contributed by atoms with Crippen LogP contribution in [0.3, 0.4) is 0 Å². The molecule has 0 saturated carbocycles. The summed E-state index contributed by atoms with van der Waals surface area (Å²) in [5.74, 6) is -3.66. The molecule has 150 valence electrons. The van der Waals surface area contributed by atoms with Gasteiger partial charge < -0.3 is 25.1 Å². The van der Waals surface area contributed by atoms with Gasteiger partial charge in [0.05, 0.1) is 6.42 Å². The molecule has 4 N–H and O–H groups in total. The number of carboxylic acids is 1. The van der Waals surface area contributed by atoms with Crippen molar-refractivity contribution in [3.8, 4) is 0 Å². The molecule has 0 fully saturated rings. The summed E-state index contributed by atoms with van der Waals surface area (Å²) < 4.78 is 8.99. The fourth-order valence-corrected chi connectivity index (χ4v) is 2.25. The maximum atomic E-state index is 11.7. The van der Waals surface area contributed by atoms with Gasteiger partial charge in [-0.3, -0.25) is 10.1 Å². The number of carboxylic acid groups (broad SMARTS) is 1. The number of rotatable bonds is 8. The van der Waals surface area contributed by atoms with Gasteiger partial charge in [0.25, 0.3) is 0 Å². The molecule has 1 atom stereocenters. The van der Waals surface area contributed by atoms with Crippen LogP contribution < -0.4 is 11.1 Å². The molecule has 1 aromatic rings. The molecule has 1 aromatic heterocycles. The summed E-state index contributed by atoms with van der Waals surface area (Å²) >= 11 is 0.897. The van der Waals surface area contributed by atoms with Crippen molar-refractivity contribution in [1.29, 1.82) is 0 Å². The van der Waals surface area contributed by atoms with E-state index in [4.69, 9.17) is 23.4 Å². The van der Waals surface area contributed by atoms with Gasteiger partial charge in [0.1, 0.15) is 11.3 Å². The highest BCUT2D eigenvalue weighted by Crippen LogP contribution is 2.18. The molecule has 0 aliphatic rings. The van der Waals surface area contributed by atoms with Crippen molar-refractivity contribution in [2.75, 3.05) is 5.32 Å². The Balaban J connectivity index is 2.97. The standard InChI is InChI=1S/C14H17BN4O8S/c1-14(2,3)25-13(24)18-12-17-6(5-28-12)9(10(21)22)19-27-7(4-8(16)20)11(23)26-15/h5,7H,4H2,1-3H3,(H2,16,20)(H,21,22)(H,17,18,24)/b19-9-/t7-/m0/s1. The van der Waals surface area contributed by atoms with Crippen LogP contribution in [0, 0.1) is 0 Å². The third-order valence-electron chi connectivity index (χ3n) is 2.59. The van der Waals surface area contributed by atoms with Crippen LogP contribution in [0.5, 0.6) is 0 Å². The Labute approximate surface area is 164 Å². The number of primary amides is 1. The van der Waals surface area contributed by atoms with Gasteiger partial charge in [0, 0.05) is 5.38 Å². The molecule has 0 bridgehead atoms. The summed E-state index contributed by atoms with van der Waals surface area (Å²) in [7, 11) is 4.71. The summed E-state index contributed by atoms with van der Waals surface area (Å²) in [5.41, 5.74) is 3.34. The van der Waals surface area contributed by atoms with Crippen LogP contribution in [0.2, 0.25) is 0 Å². The van der Waals surface area contributed by atoms with Crippen LogP contribution in [-0.4, -0.2) is 59.5 Å². The lowest BCUT2D eigenvalue weighted by Crippen LogP contribution is -2.31. The third-order valence-corrected chi connectivity index (χ3v) is 3.35. The zero-order valence-corrected chi connectivity index (χ0v) is 15.9. The Morgan fingerprint density at radius 1 is 1.39 bits per heavy atom. The van der Waals surface area contributed by atoms with Crippen LogP contribution in [0.15, 0.2) is 10.5 Å². The highest BCUT2D eigenvalue weighted by Gasteiger charge is 2.26. The molecule has 0 unspecified atom stereocenters. The molecular weight excluding hydrogens is 395 g/mol. The molecule has 1 heterocycles. The number of thiazole rings is 1. The van der Waals surface area contributed by atoms with E-state index in [0.29, 0.717) is 0 Å². The van der Waals surface area contributed by atoms with Crippen LogP contribution in [0.25, 0.3) is 0 Å². The fraction of sp³-hybridized carbons (Fsp3) is 0.429. The van der Waals surface area contributed by atoms with Crippen molar-refractivity contribution < 1.29 is 38.5 Å². The first-order valence-corrected chi connectivity index (χ1v) is 8.42. The zero-order chi connectivity index (χ0) is 21.5. The van der Waals surface area contributed by atoms with Crippen molar-refractivity contribution in [3.63, 3.8) is 0 Å². The van der Waals surface area contributed by atoms with Crippen molar-refractivity contribution in [3.05, 3.63) is 11.1 Å². The van der Waals surface area contributed by atoms with E-state index in [2.05, 4.69) is 20.1 Å². The minimum atomic E-state index is -1.64. The largest absolute Gasteiger partial charge is 0.541 e. The third kappa shape index (κ3) is 7.61. The molecular formula is C14H17BN4O8S. The normalized spacial score (nSPS) is 12.6. The number of ether oxygens (including phenoxy) is 1. The lowest BCUT2D eigenvalue weighted by Gasteiger charge is -2.18. The average molecular weight is 412 g/mol. The second kappa shape index (κ2) is 9.69. The Morgan fingerprint density at radius 2 is 2.04 bits per heavy atom. The molecule has 1 rings (SSSR count). The smallest absolute Gasteiger partial charge is 0.413 e. The molecule has 0 aliphatic heterocycles. The molecule has 0 aliphatic carbocycles. The molecule has 12 nitrogen and oxygen atoms in total. The number of oxime groups is 1. The molecule has 0 saturated heterocycles. The van der Waals surface area contributed by atoms with Crippen LogP contribution in [0.1, 0.15) is 32.9 Å². The Kier molecular flexibility index (Phi) is 7.92. The molecule has 0 spiro atoms. The van der Waals surface area contributed by atoms with E-state index in [-0.39, 0.29) is 10.8 Å². The summed E-state index contributed by atoms with van der Waals surface area (Å²) in [5, 5.41) is 16.2. The number of aliphatic carboxylic acids is 1. The molecule has 0 aromatic carbocycles. The number of amides is 2. The molecule has 28 heavy (non-hydrogen) atoms. The van der Waals surface area contributed by atoms with E-state index in [1.54, 1.807) is 20.8 Å². The Hall–Kier alpha value is -3.16. The van der Waals surface area contributed by atoms with Gasteiger partial charge in [-0.2, -0.15) is 0 Å². The number of nitrogens with two attached hydrogens (primary N) is 1. The SMILES string of the molecule is [B]OC(=O)[C@H](CC(N)=O)O/N=C(\C(=O)O)c1csc(NC(=O)OC(C)(C)C)n1. The summed E-state index contributed by atoms with van der Waals surface area (Å²) in [6, 6.07) is 0. The highest BCUT2D eigenvalue weighted by atomic mass is 32.1. The number of carbonyl (C=O) groups excluding carboxylic acids is 3. The van der Waals surface area contributed by atoms with Gasteiger partial charge in [0.2, 0.25) is 17.7 Å². The topological polar surface area (TPSA) is 180 Å². The van der Waals surface area contributed by atoms with Gasteiger partial charge in [-0.25, -0.2) is 19.4 Å². The predicted octanol–water partition coefficient (Wildman–Crippen LogP) is 0.166. The summed E-state index contributed by atoms with van der Waals surface area (Å²) in [4.78, 5) is 54.1. The summed E-state index contributed by atoms with van der Waals surface area (Å²) in [6.45, 7) is 5.00. The van der Waals surface area contributed by atoms with Crippen molar-refractivity contribution in [2.24, 2.45) is 10.9 Å². The number of anilines is 1. The first-order valence-electron chi connectivity index (χ1n) is 7.54. The first kappa shape index (κ1) is 22.9. The van der Waals surface area contributed by atoms with Gasteiger partial charge >= 0.3 is 26.1 Å². The zero-order valence-electron chi connectivity index (χ0n) is 15.1. The number of hydrogen-bond acceptors (Lipinski definition) is 10. The first-order chi connectivity index (χ1) is 12.9. The van der Waals surface area contributed by atoms with Gasteiger partial charge in [-0.1, -0.05) is 5.16 Å². The summed E-state index contributed by atoms with van der Waals surface area (Å²) in [6.07, 6.45) is -3.07. The number of carbonyl (C=O) groups is 4. The van der Waals surface area contributed by atoms with E-state index in [1.165, 1.54) is 5.38 Å². The minimum absolute atomic E-state index is 0.0354. The minimum Gasteiger partial charge on any atom is -0.541 e. The van der Waals surface area contributed by atoms with E-state index in [9.17, 15) is 24.3 Å². The predicted molar refractivity (Wildman–Crippen MR) is 96.7 cm³/mol. The number of aromatic nitrogens is 1. The maximum Gasteiger partial charge on any atom is 0.413 e. The van der Waals surface area contributed by atoms with Crippen molar-refractivity contribution >= 4 is 54.2 Å². The van der Waals surface area contributed by atoms with Crippen LogP contribution in [0.4, 0.5) is 9.93 Å². The Morgan fingerprint density at radius 3 is 2.54 bits per heavy atom. The van der Waals surface area contributed by atoms with E-state index >= 15 is 0 Å². The number of hydrogen-bond donors (Lipinski definition) is 3. The lowest BCUT2D eigenvalue weighted by molar-refractivity contribution is -0.150. The monoisotopic (exact) mass is 412 g/mol. The van der Waals surface area contributed by atoms with Gasteiger partial charge in [-0.05, 0) is 20.8 Å². The Bertz CT molecular complexity index is 789. The van der Waals surface area contributed by atoms with E-state index < -0.39 is 47.8 Å². The number of nitrogens with one attached hydrogen (secondary N) is 1. The molecule has 2 radical (unpaired) electrons. The second-order valence-electron chi connectivity index (χ2n) is 6.11. The van der Waals surface area contributed by atoms with E-state index in [0.717, 1.165) is 11.3 Å².